The van der Waals surface area contributed by atoms with Crippen LogP contribution >= 0.6 is 0 Å². The number of likely N-dealkylation sites (N-methyl/N-ethyl adjacent to an activating group) is 1. The molecule has 0 spiro atoms. The zero-order valence-electron chi connectivity index (χ0n) is 17.4. The van der Waals surface area contributed by atoms with Crippen molar-refractivity contribution >= 4 is 11.9 Å². The van der Waals surface area contributed by atoms with Gasteiger partial charge in [-0.05, 0) is 38.3 Å². The van der Waals surface area contributed by atoms with E-state index in [9.17, 15) is 9.59 Å². The molecule has 1 saturated heterocycles. The molecule has 1 aromatic rings. The molecule has 2 atom stereocenters. The fourth-order valence-electron chi connectivity index (χ4n) is 4.07. The average Bonchev–Trinajstić information content (AvgIpc) is 2.71. The summed E-state index contributed by atoms with van der Waals surface area (Å²) in [4.78, 5) is 28.2. The van der Waals surface area contributed by atoms with Crippen molar-refractivity contribution in [3.05, 3.63) is 35.9 Å². The van der Waals surface area contributed by atoms with Gasteiger partial charge in [-0.2, -0.15) is 0 Å². The van der Waals surface area contributed by atoms with E-state index in [0.717, 1.165) is 50.9 Å². The lowest BCUT2D eigenvalue weighted by Crippen LogP contribution is -2.52. The molecule has 1 heterocycles. The molecule has 1 amide bonds. The lowest BCUT2D eigenvalue weighted by Gasteiger charge is -2.39. The van der Waals surface area contributed by atoms with Crippen molar-refractivity contribution in [2.45, 2.75) is 64.6 Å². The second-order valence-corrected chi connectivity index (χ2v) is 7.66. The standard InChI is InChI=1S/C22H35N3O3/c1-4-9-20(18-10-7-6-8-11-18)23-22(28)17(3)25-14-12-19(13-15-25)24(5-2)16-21(26)27/h6-8,10-11,17,19-20H,4-5,9,12-16H2,1-3H3,(H,23,28)(H,26,27). The second-order valence-electron chi connectivity index (χ2n) is 7.66. The van der Waals surface area contributed by atoms with Crippen molar-refractivity contribution in [1.29, 1.82) is 0 Å². The van der Waals surface area contributed by atoms with Gasteiger partial charge in [0.1, 0.15) is 0 Å². The number of hydrogen-bond acceptors (Lipinski definition) is 4. The van der Waals surface area contributed by atoms with Gasteiger partial charge in [0.15, 0.2) is 0 Å². The van der Waals surface area contributed by atoms with Gasteiger partial charge < -0.3 is 10.4 Å². The van der Waals surface area contributed by atoms with E-state index < -0.39 is 5.97 Å². The number of nitrogens with one attached hydrogen (secondary N) is 1. The second kappa shape index (κ2) is 11.2. The summed E-state index contributed by atoms with van der Waals surface area (Å²) in [5.41, 5.74) is 1.15. The average molecular weight is 390 g/mol. The zero-order chi connectivity index (χ0) is 20.5. The Bertz CT molecular complexity index is 615. The minimum atomic E-state index is -0.778. The maximum atomic E-state index is 12.9. The smallest absolute Gasteiger partial charge is 0.317 e. The van der Waals surface area contributed by atoms with Crippen molar-refractivity contribution in [2.24, 2.45) is 0 Å². The molecular formula is C22H35N3O3. The molecule has 156 valence electrons. The minimum absolute atomic E-state index is 0.0461. The fraction of sp³-hybridized carbons (Fsp3) is 0.636. The Morgan fingerprint density at radius 2 is 1.86 bits per heavy atom. The van der Waals surface area contributed by atoms with E-state index in [1.54, 1.807) is 0 Å². The minimum Gasteiger partial charge on any atom is -0.480 e. The molecular weight excluding hydrogens is 354 g/mol. The Balaban J connectivity index is 1.90. The van der Waals surface area contributed by atoms with E-state index in [1.807, 2.05) is 36.9 Å². The number of carbonyl (C=O) groups is 2. The summed E-state index contributed by atoms with van der Waals surface area (Å²) in [6, 6.07) is 10.3. The summed E-state index contributed by atoms with van der Waals surface area (Å²) in [6.07, 6.45) is 3.73. The molecule has 0 saturated carbocycles. The third-order valence-electron chi connectivity index (χ3n) is 5.78. The van der Waals surface area contributed by atoms with Crippen LogP contribution < -0.4 is 5.32 Å². The molecule has 0 radical (unpaired) electrons. The molecule has 2 rings (SSSR count). The first-order chi connectivity index (χ1) is 13.5. The predicted molar refractivity (Wildman–Crippen MR) is 111 cm³/mol. The maximum absolute atomic E-state index is 12.9. The number of amides is 1. The Hall–Kier alpha value is -1.92. The summed E-state index contributed by atoms with van der Waals surface area (Å²) < 4.78 is 0. The van der Waals surface area contributed by atoms with E-state index >= 15 is 0 Å². The summed E-state index contributed by atoms with van der Waals surface area (Å²) in [7, 11) is 0. The normalized spacial score (nSPS) is 18.0. The Morgan fingerprint density at radius 1 is 1.21 bits per heavy atom. The number of benzene rings is 1. The Kier molecular flexibility index (Phi) is 8.93. The van der Waals surface area contributed by atoms with Crippen LogP contribution in [0.1, 0.15) is 58.1 Å². The number of carboxylic acid groups (broad SMARTS) is 1. The highest BCUT2D eigenvalue weighted by molar-refractivity contribution is 5.81. The molecule has 0 aliphatic carbocycles. The Labute approximate surface area is 168 Å². The van der Waals surface area contributed by atoms with Crippen LogP contribution in [0.2, 0.25) is 0 Å². The fourth-order valence-corrected chi connectivity index (χ4v) is 4.07. The molecule has 6 heteroatoms. The molecule has 0 bridgehead atoms. The van der Waals surface area contributed by atoms with E-state index in [4.69, 9.17) is 5.11 Å². The van der Waals surface area contributed by atoms with Gasteiger partial charge in [0.05, 0.1) is 18.6 Å². The number of piperidine rings is 1. The quantitative estimate of drug-likeness (QED) is 0.644. The SMILES string of the molecule is CCCC(NC(=O)C(C)N1CCC(N(CC)CC(=O)O)CC1)c1ccccc1. The van der Waals surface area contributed by atoms with Crippen LogP contribution in [0.25, 0.3) is 0 Å². The first-order valence-electron chi connectivity index (χ1n) is 10.5. The maximum Gasteiger partial charge on any atom is 0.317 e. The van der Waals surface area contributed by atoms with Crippen LogP contribution in [-0.2, 0) is 9.59 Å². The number of carbonyl (C=O) groups excluding carboxylic acids is 1. The molecule has 2 N–H and O–H groups in total. The van der Waals surface area contributed by atoms with Gasteiger partial charge in [0.2, 0.25) is 5.91 Å². The van der Waals surface area contributed by atoms with Crippen LogP contribution in [0.5, 0.6) is 0 Å². The number of hydrogen-bond donors (Lipinski definition) is 2. The third-order valence-corrected chi connectivity index (χ3v) is 5.78. The van der Waals surface area contributed by atoms with Gasteiger partial charge >= 0.3 is 5.97 Å². The topological polar surface area (TPSA) is 72.9 Å². The lowest BCUT2D eigenvalue weighted by atomic mass is 10.00. The van der Waals surface area contributed by atoms with Crippen molar-refractivity contribution in [3.8, 4) is 0 Å². The highest BCUT2D eigenvalue weighted by Crippen LogP contribution is 2.21. The number of carboxylic acids is 1. The van der Waals surface area contributed by atoms with Gasteiger partial charge in [-0.25, -0.2) is 0 Å². The van der Waals surface area contributed by atoms with E-state index in [0.29, 0.717) is 0 Å². The van der Waals surface area contributed by atoms with E-state index in [2.05, 4.69) is 29.3 Å². The van der Waals surface area contributed by atoms with Gasteiger partial charge in [-0.1, -0.05) is 50.6 Å². The van der Waals surface area contributed by atoms with Gasteiger partial charge in [-0.15, -0.1) is 0 Å². The van der Waals surface area contributed by atoms with Crippen LogP contribution in [-0.4, -0.2) is 65.0 Å². The number of nitrogens with zero attached hydrogens (tertiary/aromatic N) is 2. The number of rotatable bonds is 10. The lowest BCUT2D eigenvalue weighted by molar-refractivity contribution is -0.139. The molecule has 1 aliphatic heterocycles. The van der Waals surface area contributed by atoms with Crippen LogP contribution in [0.4, 0.5) is 0 Å². The zero-order valence-corrected chi connectivity index (χ0v) is 17.4. The number of aliphatic carboxylic acids is 1. The summed E-state index contributed by atoms with van der Waals surface area (Å²) in [5, 5.41) is 12.3. The number of likely N-dealkylation sites (tertiary alicyclic amines) is 1. The van der Waals surface area contributed by atoms with Gasteiger partial charge in [0, 0.05) is 19.1 Å². The highest BCUT2D eigenvalue weighted by atomic mass is 16.4. The van der Waals surface area contributed by atoms with Crippen molar-refractivity contribution in [3.63, 3.8) is 0 Å². The van der Waals surface area contributed by atoms with Crippen molar-refractivity contribution in [2.75, 3.05) is 26.2 Å². The van der Waals surface area contributed by atoms with E-state index in [1.165, 1.54) is 0 Å². The monoisotopic (exact) mass is 389 g/mol. The third kappa shape index (κ3) is 6.31. The van der Waals surface area contributed by atoms with Gasteiger partial charge in [-0.3, -0.25) is 19.4 Å². The first-order valence-corrected chi connectivity index (χ1v) is 10.5. The molecule has 28 heavy (non-hydrogen) atoms. The van der Waals surface area contributed by atoms with Crippen molar-refractivity contribution < 1.29 is 14.7 Å². The summed E-state index contributed by atoms with van der Waals surface area (Å²) >= 11 is 0. The van der Waals surface area contributed by atoms with Crippen LogP contribution in [0.3, 0.4) is 0 Å². The highest BCUT2D eigenvalue weighted by Gasteiger charge is 2.30. The largest absolute Gasteiger partial charge is 0.480 e. The van der Waals surface area contributed by atoms with Gasteiger partial charge in [0.25, 0.3) is 0 Å². The molecule has 1 aliphatic rings. The molecule has 0 aromatic heterocycles. The van der Waals surface area contributed by atoms with Crippen LogP contribution in [0.15, 0.2) is 30.3 Å². The Morgan fingerprint density at radius 3 is 2.39 bits per heavy atom. The molecule has 1 fully saturated rings. The summed E-state index contributed by atoms with van der Waals surface area (Å²) in [6.45, 7) is 8.57. The first kappa shape index (κ1) is 22.4. The predicted octanol–water partition coefficient (Wildman–Crippen LogP) is 2.90. The van der Waals surface area contributed by atoms with E-state index in [-0.39, 0.29) is 30.6 Å². The van der Waals surface area contributed by atoms with Crippen molar-refractivity contribution in [1.82, 2.24) is 15.1 Å². The molecule has 1 aromatic carbocycles. The summed E-state index contributed by atoms with van der Waals surface area (Å²) in [5.74, 6) is -0.710. The molecule has 2 unspecified atom stereocenters. The molecule has 6 nitrogen and oxygen atoms in total. The van der Waals surface area contributed by atoms with Crippen LogP contribution in [0, 0.1) is 0 Å².